The van der Waals surface area contributed by atoms with Gasteiger partial charge in [0.15, 0.2) is 0 Å². The maximum absolute atomic E-state index is 13.0. The van der Waals surface area contributed by atoms with Crippen LogP contribution in [0.2, 0.25) is 4.34 Å². The lowest BCUT2D eigenvalue weighted by atomic mass is 9.91. The van der Waals surface area contributed by atoms with Crippen LogP contribution in [-0.2, 0) is 29.3 Å². The second-order valence-electron chi connectivity index (χ2n) is 9.22. The van der Waals surface area contributed by atoms with Gasteiger partial charge in [-0.25, -0.2) is 17.5 Å². The molecule has 5 rings (SSSR count). The minimum atomic E-state index is -3.57. The Morgan fingerprint density at radius 2 is 1.74 bits per heavy atom. The van der Waals surface area contributed by atoms with E-state index in [9.17, 15) is 12.8 Å². The van der Waals surface area contributed by atoms with Gasteiger partial charge in [0.2, 0.25) is 10.0 Å². The van der Waals surface area contributed by atoms with Gasteiger partial charge >= 0.3 is 0 Å². The molecule has 180 valence electrons. The van der Waals surface area contributed by atoms with Gasteiger partial charge in [-0.1, -0.05) is 29.8 Å². The molecule has 0 saturated heterocycles. The average molecular weight is 520 g/mol. The fourth-order valence-corrected chi connectivity index (χ4v) is 8.16. The van der Waals surface area contributed by atoms with Gasteiger partial charge in [0.25, 0.3) is 0 Å². The quantitative estimate of drug-likeness (QED) is 0.370. The van der Waals surface area contributed by atoms with Crippen molar-refractivity contribution in [2.75, 3.05) is 6.61 Å². The standard InChI is InChI=1S/C26H27ClFNO3S2/c27-24-11-12-25(33-24)34(30,31)29-26-19-5-6-20(26)16-21-14-17(3-4-18(21)15-19)2-1-13-32-23-9-7-22(28)8-10-23/h3-4,7-12,14,19-20,26,29H,1-2,5-6,13,15-16H2. The Balaban J connectivity index is 1.22. The lowest BCUT2D eigenvalue weighted by Crippen LogP contribution is -2.41. The molecule has 2 aromatic carbocycles. The van der Waals surface area contributed by atoms with E-state index in [4.69, 9.17) is 16.3 Å². The van der Waals surface area contributed by atoms with Crippen molar-refractivity contribution in [3.63, 3.8) is 0 Å². The molecule has 1 aromatic heterocycles. The molecule has 34 heavy (non-hydrogen) atoms. The van der Waals surface area contributed by atoms with E-state index in [-0.39, 0.29) is 16.1 Å². The van der Waals surface area contributed by atoms with E-state index in [1.54, 1.807) is 24.3 Å². The second-order valence-corrected chi connectivity index (χ2v) is 12.9. The molecule has 0 aliphatic heterocycles. The van der Waals surface area contributed by atoms with Gasteiger partial charge < -0.3 is 4.74 Å². The molecular formula is C26H27ClFNO3S2. The highest BCUT2D eigenvalue weighted by Gasteiger charge is 2.41. The molecule has 1 saturated carbocycles. The Labute approximate surface area is 209 Å². The van der Waals surface area contributed by atoms with Crippen molar-refractivity contribution in [1.82, 2.24) is 4.72 Å². The number of aryl methyl sites for hydroxylation is 1. The SMILES string of the molecule is O=S(=O)(NC1C2CCC1Cc1cc(CCCOc3ccc(F)cc3)ccc1C2)c1ccc(Cl)s1. The maximum atomic E-state index is 13.0. The highest BCUT2D eigenvalue weighted by molar-refractivity contribution is 7.91. The average Bonchev–Trinajstić information content (AvgIpc) is 3.36. The first-order valence-corrected chi connectivity index (χ1v) is 14.3. The molecule has 2 aliphatic carbocycles. The number of hydrogen-bond donors (Lipinski definition) is 1. The van der Waals surface area contributed by atoms with Crippen LogP contribution in [0, 0.1) is 17.7 Å². The van der Waals surface area contributed by atoms with Crippen molar-refractivity contribution in [3.8, 4) is 5.75 Å². The van der Waals surface area contributed by atoms with E-state index >= 15 is 0 Å². The summed E-state index contributed by atoms with van der Waals surface area (Å²) in [5.74, 6) is 1.02. The van der Waals surface area contributed by atoms with E-state index in [0.29, 0.717) is 28.5 Å². The largest absolute Gasteiger partial charge is 0.494 e. The molecule has 0 radical (unpaired) electrons. The summed E-state index contributed by atoms with van der Waals surface area (Å²) < 4.78 is 48.4. The molecule has 2 aliphatic rings. The summed E-state index contributed by atoms with van der Waals surface area (Å²) in [4.78, 5) is 0. The molecule has 0 spiro atoms. The van der Waals surface area contributed by atoms with Crippen LogP contribution in [0.3, 0.4) is 0 Å². The first kappa shape index (κ1) is 23.8. The van der Waals surface area contributed by atoms with Crippen LogP contribution in [0.25, 0.3) is 0 Å². The number of halogens is 2. The van der Waals surface area contributed by atoms with Crippen molar-refractivity contribution in [2.45, 2.75) is 48.8 Å². The summed E-state index contributed by atoms with van der Waals surface area (Å²) in [6.07, 6.45) is 5.65. The number of fused-ring (bicyclic) bond motifs is 3. The van der Waals surface area contributed by atoms with Crippen LogP contribution in [0.5, 0.6) is 5.75 Å². The third-order valence-electron chi connectivity index (χ3n) is 6.96. The van der Waals surface area contributed by atoms with Crippen LogP contribution in [0.4, 0.5) is 4.39 Å². The van der Waals surface area contributed by atoms with Crippen molar-refractivity contribution in [3.05, 3.63) is 81.4 Å². The van der Waals surface area contributed by atoms with Gasteiger partial charge in [0.05, 0.1) is 10.9 Å². The summed E-state index contributed by atoms with van der Waals surface area (Å²) in [7, 11) is -3.57. The number of hydrogen-bond acceptors (Lipinski definition) is 4. The molecule has 3 unspecified atom stereocenters. The Morgan fingerprint density at radius 1 is 1.00 bits per heavy atom. The van der Waals surface area contributed by atoms with Gasteiger partial charge in [-0.3, -0.25) is 0 Å². The van der Waals surface area contributed by atoms with Crippen molar-refractivity contribution in [2.24, 2.45) is 11.8 Å². The number of thiophene rings is 1. The van der Waals surface area contributed by atoms with Crippen molar-refractivity contribution in [1.29, 1.82) is 0 Å². The molecular weight excluding hydrogens is 493 g/mol. The molecule has 8 heteroatoms. The van der Waals surface area contributed by atoms with Crippen LogP contribution < -0.4 is 9.46 Å². The predicted octanol–water partition coefficient (Wildman–Crippen LogP) is 6.02. The maximum Gasteiger partial charge on any atom is 0.250 e. The number of rotatable bonds is 8. The Kier molecular flexibility index (Phi) is 6.98. The molecule has 1 heterocycles. The zero-order valence-electron chi connectivity index (χ0n) is 18.7. The minimum absolute atomic E-state index is 0.0502. The van der Waals surface area contributed by atoms with Gasteiger partial charge in [-0.05, 0) is 103 Å². The highest BCUT2D eigenvalue weighted by Crippen LogP contribution is 2.41. The lowest BCUT2D eigenvalue weighted by Gasteiger charge is -2.23. The van der Waals surface area contributed by atoms with Gasteiger partial charge in [0.1, 0.15) is 15.8 Å². The first-order chi connectivity index (χ1) is 16.4. The lowest BCUT2D eigenvalue weighted by molar-refractivity contribution is 0.310. The number of nitrogens with one attached hydrogen (secondary N) is 1. The molecule has 4 nitrogen and oxygen atoms in total. The van der Waals surface area contributed by atoms with E-state index in [2.05, 4.69) is 22.9 Å². The van der Waals surface area contributed by atoms with Gasteiger partial charge in [-0.15, -0.1) is 11.3 Å². The van der Waals surface area contributed by atoms with Crippen LogP contribution in [-0.4, -0.2) is 21.1 Å². The number of benzene rings is 2. The van der Waals surface area contributed by atoms with E-state index < -0.39 is 10.0 Å². The minimum Gasteiger partial charge on any atom is -0.494 e. The summed E-state index contributed by atoms with van der Waals surface area (Å²) in [5.41, 5.74) is 3.94. The van der Waals surface area contributed by atoms with Crippen LogP contribution >= 0.6 is 22.9 Å². The Morgan fingerprint density at radius 3 is 2.44 bits per heavy atom. The normalized spacial score (nSPS) is 21.8. The molecule has 1 fully saturated rings. The highest BCUT2D eigenvalue weighted by atomic mass is 35.5. The smallest absolute Gasteiger partial charge is 0.250 e. The van der Waals surface area contributed by atoms with Crippen LogP contribution in [0.1, 0.15) is 36.0 Å². The zero-order valence-corrected chi connectivity index (χ0v) is 21.1. The zero-order chi connectivity index (χ0) is 23.7. The molecule has 1 N–H and O–H groups in total. The Hall–Kier alpha value is -1.93. The van der Waals surface area contributed by atoms with E-state index in [1.165, 1.54) is 28.8 Å². The summed E-state index contributed by atoms with van der Waals surface area (Å²) >= 11 is 7.06. The van der Waals surface area contributed by atoms with Gasteiger partial charge in [0, 0.05) is 6.04 Å². The number of sulfonamides is 1. The fourth-order valence-electron chi connectivity index (χ4n) is 5.29. The molecule has 0 amide bonds. The second kappa shape index (κ2) is 9.97. The topological polar surface area (TPSA) is 55.4 Å². The first-order valence-electron chi connectivity index (χ1n) is 11.6. The number of ether oxygens (including phenoxy) is 1. The molecule has 2 bridgehead atoms. The van der Waals surface area contributed by atoms with Crippen LogP contribution in [0.15, 0.2) is 58.8 Å². The predicted molar refractivity (Wildman–Crippen MR) is 134 cm³/mol. The third-order valence-corrected chi connectivity index (χ3v) is 10.1. The Bertz CT molecular complexity index is 1260. The summed E-state index contributed by atoms with van der Waals surface area (Å²) in [6, 6.07) is 15.9. The molecule has 3 atom stereocenters. The molecule has 3 aromatic rings. The summed E-state index contributed by atoms with van der Waals surface area (Å²) in [5, 5.41) is 0. The van der Waals surface area contributed by atoms with Crippen molar-refractivity contribution >= 4 is 33.0 Å². The third kappa shape index (κ3) is 5.33. The van der Waals surface area contributed by atoms with Crippen molar-refractivity contribution < 1.29 is 17.5 Å². The summed E-state index contributed by atoms with van der Waals surface area (Å²) in [6.45, 7) is 0.573. The van der Waals surface area contributed by atoms with Gasteiger partial charge in [-0.2, -0.15) is 0 Å². The fraction of sp³-hybridized carbons (Fsp3) is 0.385. The van der Waals surface area contributed by atoms with E-state index in [1.807, 2.05) is 0 Å². The van der Waals surface area contributed by atoms with E-state index in [0.717, 1.165) is 49.9 Å². The monoisotopic (exact) mass is 519 g/mol.